The number of rotatable bonds is 1. The van der Waals surface area contributed by atoms with E-state index < -0.39 is 5.97 Å². The van der Waals surface area contributed by atoms with Crippen molar-refractivity contribution in [1.82, 2.24) is 0 Å². The van der Waals surface area contributed by atoms with Gasteiger partial charge in [-0.1, -0.05) is 0 Å². The lowest BCUT2D eigenvalue weighted by Gasteiger charge is -2.03. The van der Waals surface area contributed by atoms with E-state index in [0.717, 1.165) is 0 Å². The smallest absolute Gasteiger partial charge is 0.337 e. The predicted octanol–water partition coefficient (Wildman–Crippen LogP) is 1.15. The Labute approximate surface area is 75.2 Å². The monoisotopic (exact) mass is 176 g/mol. The number of nitrogens with zero attached hydrogens (tertiary/aromatic N) is 1. The fourth-order valence-electron chi connectivity index (χ4n) is 1.13. The lowest BCUT2D eigenvalue weighted by atomic mass is 10.0. The Bertz CT molecular complexity index is 405. The van der Waals surface area contributed by atoms with Crippen LogP contribution in [-0.2, 0) is 0 Å². The van der Waals surface area contributed by atoms with Crippen molar-refractivity contribution in [2.24, 2.45) is 0 Å². The molecule has 4 nitrogen and oxygen atoms in total. The van der Waals surface area contributed by atoms with Gasteiger partial charge in [0.1, 0.15) is 6.07 Å². The molecule has 0 spiro atoms. The maximum absolute atomic E-state index is 10.7. The highest BCUT2D eigenvalue weighted by Crippen LogP contribution is 2.17. The molecular formula is C9H8N2O2. The molecule has 0 bridgehead atoms. The molecule has 0 aliphatic heterocycles. The molecule has 13 heavy (non-hydrogen) atoms. The Hall–Kier alpha value is -2.02. The summed E-state index contributed by atoms with van der Waals surface area (Å²) in [5.41, 5.74) is 6.51. The first-order chi connectivity index (χ1) is 6.06. The van der Waals surface area contributed by atoms with Gasteiger partial charge in [0, 0.05) is 5.69 Å². The van der Waals surface area contributed by atoms with E-state index in [1.54, 1.807) is 13.0 Å². The van der Waals surface area contributed by atoms with E-state index in [4.69, 9.17) is 16.1 Å². The van der Waals surface area contributed by atoms with Gasteiger partial charge in [-0.3, -0.25) is 0 Å². The molecule has 0 radical (unpaired) electrons. The molecule has 1 rings (SSSR count). The zero-order valence-electron chi connectivity index (χ0n) is 7.03. The summed E-state index contributed by atoms with van der Waals surface area (Å²) in [6.45, 7) is 1.65. The minimum atomic E-state index is -1.13. The third-order valence-electron chi connectivity index (χ3n) is 1.70. The van der Waals surface area contributed by atoms with Gasteiger partial charge in [-0.05, 0) is 24.6 Å². The fraction of sp³-hybridized carbons (Fsp3) is 0.111. The SMILES string of the molecule is Cc1cc(N)cc(C(=O)O)c1C#N. The number of aromatic carboxylic acids is 1. The number of carboxylic acids is 1. The Balaban J connectivity index is 3.50. The third kappa shape index (κ3) is 1.59. The third-order valence-corrected chi connectivity index (χ3v) is 1.70. The molecule has 4 heteroatoms. The minimum absolute atomic E-state index is 0.0417. The Morgan fingerprint density at radius 1 is 1.62 bits per heavy atom. The summed E-state index contributed by atoms with van der Waals surface area (Å²) in [5.74, 6) is -1.13. The lowest BCUT2D eigenvalue weighted by Crippen LogP contribution is -2.03. The first-order valence-electron chi connectivity index (χ1n) is 3.59. The van der Waals surface area contributed by atoms with Crippen LogP contribution >= 0.6 is 0 Å². The van der Waals surface area contributed by atoms with Crippen molar-refractivity contribution >= 4 is 11.7 Å². The molecule has 0 aromatic heterocycles. The second kappa shape index (κ2) is 3.15. The molecular weight excluding hydrogens is 168 g/mol. The molecule has 0 amide bonds. The Morgan fingerprint density at radius 2 is 2.23 bits per heavy atom. The maximum Gasteiger partial charge on any atom is 0.337 e. The number of carboxylic acid groups (broad SMARTS) is 1. The van der Waals surface area contributed by atoms with Crippen molar-refractivity contribution in [3.8, 4) is 6.07 Å². The van der Waals surface area contributed by atoms with Crippen LogP contribution in [0, 0.1) is 18.3 Å². The number of hydrogen-bond donors (Lipinski definition) is 2. The summed E-state index contributed by atoms with van der Waals surface area (Å²) in [5, 5.41) is 17.4. The Morgan fingerprint density at radius 3 is 2.69 bits per heavy atom. The van der Waals surface area contributed by atoms with Crippen molar-refractivity contribution in [2.45, 2.75) is 6.92 Å². The van der Waals surface area contributed by atoms with E-state index in [1.807, 2.05) is 6.07 Å². The van der Waals surface area contributed by atoms with Gasteiger partial charge in [-0.15, -0.1) is 0 Å². The van der Waals surface area contributed by atoms with Crippen LogP contribution in [0.25, 0.3) is 0 Å². The number of benzene rings is 1. The van der Waals surface area contributed by atoms with Crippen molar-refractivity contribution in [2.75, 3.05) is 5.73 Å². The quantitative estimate of drug-likeness (QED) is 0.628. The van der Waals surface area contributed by atoms with Crippen LogP contribution < -0.4 is 5.73 Å². The highest BCUT2D eigenvalue weighted by Gasteiger charge is 2.12. The second-order valence-corrected chi connectivity index (χ2v) is 2.68. The van der Waals surface area contributed by atoms with E-state index >= 15 is 0 Å². The molecule has 0 aliphatic rings. The number of anilines is 1. The highest BCUT2D eigenvalue weighted by atomic mass is 16.4. The van der Waals surface area contributed by atoms with Crippen molar-refractivity contribution in [3.63, 3.8) is 0 Å². The van der Waals surface area contributed by atoms with Gasteiger partial charge in [0.25, 0.3) is 0 Å². The molecule has 0 unspecified atom stereocenters. The first kappa shape index (κ1) is 9.07. The van der Waals surface area contributed by atoms with Gasteiger partial charge < -0.3 is 10.8 Å². The van der Waals surface area contributed by atoms with Gasteiger partial charge in [0.2, 0.25) is 0 Å². The standard InChI is InChI=1S/C9H8N2O2/c1-5-2-6(11)3-7(9(12)13)8(5)4-10/h2-3H,11H2,1H3,(H,12,13). The predicted molar refractivity (Wildman–Crippen MR) is 47.3 cm³/mol. The number of nitrogens with two attached hydrogens (primary N) is 1. The largest absolute Gasteiger partial charge is 0.478 e. The van der Waals surface area contributed by atoms with Gasteiger partial charge in [0.15, 0.2) is 0 Å². The summed E-state index contributed by atoms with van der Waals surface area (Å²) in [6, 6.07) is 4.70. The average Bonchev–Trinajstić information content (AvgIpc) is 2.02. The van der Waals surface area contributed by atoms with Crippen LogP contribution in [-0.4, -0.2) is 11.1 Å². The summed E-state index contributed by atoms with van der Waals surface area (Å²) in [7, 11) is 0. The van der Waals surface area contributed by atoms with E-state index in [-0.39, 0.29) is 11.1 Å². The number of nitriles is 1. The van der Waals surface area contributed by atoms with E-state index in [9.17, 15) is 4.79 Å². The van der Waals surface area contributed by atoms with Crippen LogP contribution in [0.5, 0.6) is 0 Å². The lowest BCUT2D eigenvalue weighted by molar-refractivity contribution is 0.0696. The molecule has 0 atom stereocenters. The maximum atomic E-state index is 10.7. The molecule has 1 aromatic carbocycles. The van der Waals surface area contributed by atoms with Crippen LogP contribution in [0.2, 0.25) is 0 Å². The summed E-state index contributed by atoms with van der Waals surface area (Å²) in [4.78, 5) is 10.7. The summed E-state index contributed by atoms with van der Waals surface area (Å²) >= 11 is 0. The molecule has 3 N–H and O–H groups in total. The Kier molecular flexibility index (Phi) is 2.20. The van der Waals surface area contributed by atoms with E-state index in [1.165, 1.54) is 6.07 Å². The van der Waals surface area contributed by atoms with Gasteiger partial charge in [-0.2, -0.15) is 5.26 Å². The van der Waals surface area contributed by atoms with Crippen LogP contribution in [0.15, 0.2) is 12.1 Å². The number of aryl methyl sites for hydroxylation is 1. The molecule has 0 saturated carbocycles. The van der Waals surface area contributed by atoms with Gasteiger partial charge in [-0.25, -0.2) is 4.79 Å². The molecule has 0 heterocycles. The zero-order valence-corrected chi connectivity index (χ0v) is 7.03. The molecule has 0 fully saturated rings. The molecule has 0 aliphatic carbocycles. The molecule has 66 valence electrons. The van der Waals surface area contributed by atoms with Gasteiger partial charge >= 0.3 is 5.97 Å². The topological polar surface area (TPSA) is 87.1 Å². The van der Waals surface area contributed by atoms with Crippen molar-refractivity contribution in [1.29, 1.82) is 5.26 Å². The highest BCUT2D eigenvalue weighted by molar-refractivity contribution is 5.92. The van der Waals surface area contributed by atoms with Crippen LogP contribution in [0.4, 0.5) is 5.69 Å². The van der Waals surface area contributed by atoms with E-state index in [0.29, 0.717) is 11.3 Å². The fourth-order valence-corrected chi connectivity index (χ4v) is 1.13. The molecule has 1 aromatic rings. The van der Waals surface area contributed by atoms with Crippen LogP contribution in [0.3, 0.4) is 0 Å². The number of hydrogen-bond acceptors (Lipinski definition) is 3. The average molecular weight is 176 g/mol. The second-order valence-electron chi connectivity index (χ2n) is 2.68. The summed E-state index contributed by atoms with van der Waals surface area (Å²) in [6.07, 6.45) is 0. The van der Waals surface area contributed by atoms with Crippen molar-refractivity contribution < 1.29 is 9.90 Å². The minimum Gasteiger partial charge on any atom is -0.478 e. The summed E-state index contributed by atoms with van der Waals surface area (Å²) < 4.78 is 0. The van der Waals surface area contributed by atoms with E-state index in [2.05, 4.69) is 0 Å². The molecule has 0 saturated heterocycles. The van der Waals surface area contributed by atoms with Gasteiger partial charge in [0.05, 0.1) is 11.1 Å². The van der Waals surface area contributed by atoms with Crippen LogP contribution in [0.1, 0.15) is 21.5 Å². The number of carbonyl (C=O) groups is 1. The van der Waals surface area contributed by atoms with Crippen molar-refractivity contribution in [3.05, 3.63) is 28.8 Å². The zero-order chi connectivity index (χ0) is 10.0. The number of nitrogen functional groups attached to an aromatic ring is 1. The first-order valence-corrected chi connectivity index (χ1v) is 3.59. The normalized spacial score (nSPS) is 9.23.